The van der Waals surface area contributed by atoms with Gasteiger partial charge in [-0.1, -0.05) is 35.3 Å². The highest BCUT2D eigenvalue weighted by atomic mass is 35.5. The molecule has 0 aliphatic carbocycles. The number of hydrogen-bond donors (Lipinski definition) is 0. The zero-order valence-electron chi connectivity index (χ0n) is 17.7. The Bertz CT molecular complexity index is 1230. The van der Waals surface area contributed by atoms with Crippen LogP contribution in [0, 0.1) is 6.92 Å². The number of aryl methyl sites for hydroxylation is 1. The van der Waals surface area contributed by atoms with Crippen LogP contribution in [0.15, 0.2) is 41.4 Å². The molecule has 0 saturated carbocycles. The van der Waals surface area contributed by atoms with Crippen molar-refractivity contribution in [2.24, 2.45) is 0 Å². The summed E-state index contributed by atoms with van der Waals surface area (Å²) in [6.07, 6.45) is 1.46. The second kappa shape index (κ2) is 8.64. The van der Waals surface area contributed by atoms with Gasteiger partial charge in [-0.2, -0.15) is 0 Å². The van der Waals surface area contributed by atoms with Crippen molar-refractivity contribution in [2.75, 3.05) is 40.3 Å². The number of nitrogens with zero attached hydrogens (tertiary/aromatic N) is 3. The van der Waals surface area contributed by atoms with Crippen molar-refractivity contribution in [3.63, 3.8) is 0 Å². The average Bonchev–Trinajstić information content (AvgIpc) is 3.09. The van der Waals surface area contributed by atoms with Crippen molar-refractivity contribution in [1.82, 2.24) is 13.8 Å². The van der Waals surface area contributed by atoms with Gasteiger partial charge in [0, 0.05) is 49.3 Å². The quantitative estimate of drug-likeness (QED) is 0.545. The number of piperazine rings is 1. The van der Waals surface area contributed by atoms with E-state index >= 15 is 0 Å². The van der Waals surface area contributed by atoms with Gasteiger partial charge in [-0.15, -0.1) is 0 Å². The van der Waals surface area contributed by atoms with Gasteiger partial charge in [0.15, 0.2) is 0 Å². The summed E-state index contributed by atoms with van der Waals surface area (Å²) in [7, 11) is -0.424. The highest BCUT2D eigenvalue weighted by molar-refractivity contribution is 7.90. The fraction of sp³-hybridized carbons (Fsp3) is 0.364. The first-order chi connectivity index (χ1) is 14.7. The standard InChI is InChI=1S/C22H25Cl2N3O3S/c1-15-11-20(30-3)21(12-17(15)23)31(28,29)27-14-18(24)22-16(5-4-6-19(22)27)13-26-9-7-25(2)8-10-26/h4-6,11-12,14H,7-10,13H2,1-3H3. The molecule has 1 aliphatic heterocycles. The Labute approximate surface area is 193 Å². The number of ether oxygens (including phenoxy) is 1. The average molecular weight is 482 g/mol. The van der Waals surface area contributed by atoms with Crippen LogP contribution in [0.5, 0.6) is 5.75 Å². The van der Waals surface area contributed by atoms with Crippen LogP contribution in [0.25, 0.3) is 10.9 Å². The van der Waals surface area contributed by atoms with E-state index in [1.54, 1.807) is 19.1 Å². The minimum atomic E-state index is -3.98. The lowest BCUT2D eigenvalue weighted by Gasteiger charge is -2.32. The number of benzene rings is 2. The molecule has 0 radical (unpaired) electrons. The van der Waals surface area contributed by atoms with E-state index in [1.807, 2.05) is 12.1 Å². The van der Waals surface area contributed by atoms with E-state index in [1.165, 1.54) is 23.3 Å². The fourth-order valence-corrected chi connectivity index (χ4v) is 6.10. The van der Waals surface area contributed by atoms with Gasteiger partial charge in [0.2, 0.25) is 0 Å². The van der Waals surface area contributed by atoms with Gasteiger partial charge in [-0.05, 0) is 43.3 Å². The number of rotatable bonds is 5. The largest absolute Gasteiger partial charge is 0.495 e. The van der Waals surface area contributed by atoms with E-state index in [9.17, 15) is 8.42 Å². The van der Waals surface area contributed by atoms with Crippen molar-refractivity contribution < 1.29 is 13.2 Å². The molecule has 2 heterocycles. The molecule has 3 aromatic rings. The molecule has 0 atom stereocenters. The molecule has 0 unspecified atom stereocenters. The lowest BCUT2D eigenvalue weighted by Crippen LogP contribution is -2.43. The first kappa shape index (κ1) is 22.4. The normalized spacial score (nSPS) is 16.2. The van der Waals surface area contributed by atoms with E-state index in [-0.39, 0.29) is 10.6 Å². The molecule has 0 spiro atoms. The van der Waals surface area contributed by atoms with Gasteiger partial charge in [0.1, 0.15) is 10.6 Å². The summed E-state index contributed by atoms with van der Waals surface area (Å²) < 4.78 is 33.8. The minimum Gasteiger partial charge on any atom is -0.495 e. The molecule has 0 bridgehead atoms. The maximum Gasteiger partial charge on any atom is 0.271 e. The molecule has 31 heavy (non-hydrogen) atoms. The predicted octanol–water partition coefficient (Wildman–Crippen LogP) is 4.25. The fourth-order valence-electron chi connectivity index (χ4n) is 3.96. The lowest BCUT2D eigenvalue weighted by molar-refractivity contribution is 0.148. The molecular weight excluding hydrogens is 457 g/mol. The van der Waals surface area contributed by atoms with Crippen LogP contribution in [0.3, 0.4) is 0 Å². The van der Waals surface area contributed by atoms with Gasteiger partial charge in [-0.25, -0.2) is 12.4 Å². The van der Waals surface area contributed by atoms with E-state index in [4.69, 9.17) is 27.9 Å². The molecule has 1 saturated heterocycles. The second-order valence-electron chi connectivity index (χ2n) is 7.92. The second-order valence-corrected chi connectivity index (χ2v) is 10.5. The molecular formula is C22H25Cl2N3O3S. The molecule has 1 fully saturated rings. The molecule has 1 aliphatic rings. The van der Waals surface area contributed by atoms with Crippen LogP contribution < -0.4 is 4.74 Å². The van der Waals surface area contributed by atoms with Crippen LogP contribution in [0.2, 0.25) is 10.0 Å². The molecule has 166 valence electrons. The third-order valence-electron chi connectivity index (χ3n) is 5.81. The summed E-state index contributed by atoms with van der Waals surface area (Å²) >= 11 is 12.8. The first-order valence-electron chi connectivity index (χ1n) is 10.0. The number of fused-ring (bicyclic) bond motifs is 1. The number of aromatic nitrogens is 1. The summed E-state index contributed by atoms with van der Waals surface area (Å²) in [5.41, 5.74) is 2.28. The van der Waals surface area contributed by atoms with Gasteiger partial charge in [-0.3, -0.25) is 4.90 Å². The zero-order valence-corrected chi connectivity index (χ0v) is 20.1. The van der Waals surface area contributed by atoms with Crippen LogP contribution in [-0.2, 0) is 16.6 Å². The first-order valence-corrected chi connectivity index (χ1v) is 12.2. The van der Waals surface area contributed by atoms with Crippen molar-refractivity contribution in [1.29, 1.82) is 0 Å². The highest BCUT2D eigenvalue weighted by Crippen LogP contribution is 2.36. The summed E-state index contributed by atoms with van der Waals surface area (Å²) in [6, 6.07) is 8.71. The Morgan fingerprint density at radius 1 is 1.06 bits per heavy atom. The molecule has 4 rings (SSSR count). The van der Waals surface area contributed by atoms with Crippen molar-refractivity contribution in [2.45, 2.75) is 18.4 Å². The molecule has 6 nitrogen and oxygen atoms in total. The van der Waals surface area contributed by atoms with Gasteiger partial charge in [0.25, 0.3) is 10.0 Å². The van der Waals surface area contributed by atoms with E-state index in [0.29, 0.717) is 22.1 Å². The predicted molar refractivity (Wildman–Crippen MR) is 125 cm³/mol. The summed E-state index contributed by atoms with van der Waals surface area (Å²) in [5, 5.41) is 1.52. The lowest BCUT2D eigenvalue weighted by atomic mass is 10.1. The Morgan fingerprint density at radius 2 is 1.77 bits per heavy atom. The summed E-state index contributed by atoms with van der Waals surface area (Å²) in [6.45, 7) is 6.45. The van der Waals surface area contributed by atoms with E-state index < -0.39 is 10.0 Å². The van der Waals surface area contributed by atoms with Crippen molar-refractivity contribution in [3.05, 3.63) is 57.7 Å². The van der Waals surface area contributed by atoms with Crippen LogP contribution in [0.1, 0.15) is 11.1 Å². The SMILES string of the molecule is COc1cc(C)c(Cl)cc1S(=O)(=O)n1cc(Cl)c2c(CN3CCN(C)CC3)cccc21. The summed E-state index contributed by atoms with van der Waals surface area (Å²) in [4.78, 5) is 4.66. The Balaban J connectivity index is 1.80. The van der Waals surface area contributed by atoms with E-state index in [0.717, 1.165) is 42.7 Å². The molecule has 0 N–H and O–H groups in total. The monoisotopic (exact) mass is 481 g/mol. The maximum absolute atomic E-state index is 13.6. The van der Waals surface area contributed by atoms with Gasteiger partial charge >= 0.3 is 0 Å². The molecule has 1 aromatic heterocycles. The van der Waals surface area contributed by atoms with E-state index in [2.05, 4.69) is 16.8 Å². The number of hydrogen-bond acceptors (Lipinski definition) is 5. The smallest absolute Gasteiger partial charge is 0.271 e. The van der Waals surface area contributed by atoms with Crippen LogP contribution in [-0.4, -0.2) is 62.5 Å². The van der Waals surface area contributed by atoms with Crippen molar-refractivity contribution >= 4 is 44.1 Å². The van der Waals surface area contributed by atoms with Crippen molar-refractivity contribution in [3.8, 4) is 5.75 Å². The zero-order chi connectivity index (χ0) is 22.3. The Kier molecular flexibility index (Phi) is 6.25. The van der Waals surface area contributed by atoms with Gasteiger partial charge in [0.05, 0.1) is 17.6 Å². The third kappa shape index (κ3) is 4.17. The Hall–Kier alpha value is -1.77. The summed E-state index contributed by atoms with van der Waals surface area (Å²) in [5.74, 6) is 0.244. The number of methoxy groups -OCH3 is 1. The minimum absolute atomic E-state index is 0.00337. The third-order valence-corrected chi connectivity index (χ3v) is 8.20. The molecule has 2 aromatic carbocycles. The molecule has 0 amide bonds. The molecule has 9 heteroatoms. The Morgan fingerprint density at radius 3 is 2.45 bits per heavy atom. The number of likely N-dealkylation sites (N-methyl/N-ethyl adjacent to an activating group) is 1. The highest BCUT2D eigenvalue weighted by Gasteiger charge is 2.27. The topological polar surface area (TPSA) is 54.8 Å². The maximum atomic E-state index is 13.6. The number of halogens is 2. The van der Waals surface area contributed by atoms with Crippen LogP contribution in [0.4, 0.5) is 0 Å². The van der Waals surface area contributed by atoms with Gasteiger partial charge < -0.3 is 9.64 Å². The van der Waals surface area contributed by atoms with Crippen LogP contribution >= 0.6 is 23.2 Å².